The number of methoxy groups -OCH3 is 1. The molecule has 0 radical (unpaired) electrons. The third-order valence-corrected chi connectivity index (χ3v) is 2.73. The fraction of sp³-hybridized carbons (Fsp3) is 0.462. The van der Waals surface area contributed by atoms with E-state index in [2.05, 4.69) is 19.9 Å². The van der Waals surface area contributed by atoms with Gasteiger partial charge in [-0.15, -0.1) is 0 Å². The normalized spacial score (nSPS) is 10.1. The van der Waals surface area contributed by atoms with Crippen molar-refractivity contribution in [2.75, 3.05) is 7.11 Å². The maximum atomic E-state index is 11.5. The highest BCUT2D eigenvalue weighted by Crippen LogP contribution is 2.18. The molecule has 0 spiro atoms. The minimum absolute atomic E-state index is 0.238. The first-order valence-electron chi connectivity index (χ1n) is 5.34. The van der Waals surface area contributed by atoms with Crippen LogP contribution in [0.4, 0.5) is 0 Å². The maximum absolute atomic E-state index is 11.5. The smallest absolute Gasteiger partial charge is 0.338 e. The van der Waals surface area contributed by atoms with Gasteiger partial charge in [0, 0.05) is 0 Å². The molecular weight excluding hydrogens is 188 g/mol. The number of aryl methyl sites for hydroxylation is 3. The van der Waals surface area contributed by atoms with Gasteiger partial charge >= 0.3 is 5.97 Å². The van der Waals surface area contributed by atoms with E-state index >= 15 is 0 Å². The number of hydrogen-bond donors (Lipinski definition) is 0. The Labute approximate surface area is 91.3 Å². The number of rotatable bonds is 3. The number of ether oxygens (including phenoxy) is 1. The van der Waals surface area contributed by atoms with Crippen LogP contribution in [0, 0.1) is 6.92 Å². The Balaban J connectivity index is 3.27. The molecule has 0 unspecified atom stereocenters. The summed E-state index contributed by atoms with van der Waals surface area (Å²) < 4.78 is 4.77. The first-order valence-corrected chi connectivity index (χ1v) is 5.34. The summed E-state index contributed by atoms with van der Waals surface area (Å²) in [6.07, 6.45) is 1.86. The lowest BCUT2D eigenvalue weighted by Crippen LogP contribution is -2.07. The number of carbonyl (C=O) groups is 1. The van der Waals surface area contributed by atoms with Crippen molar-refractivity contribution in [2.45, 2.75) is 33.6 Å². The molecule has 0 N–H and O–H groups in total. The van der Waals surface area contributed by atoms with Crippen molar-refractivity contribution < 1.29 is 9.53 Å². The molecule has 2 heteroatoms. The molecule has 0 atom stereocenters. The lowest BCUT2D eigenvalue weighted by molar-refractivity contribution is 0.0599. The summed E-state index contributed by atoms with van der Waals surface area (Å²) >= 11 is 0. The van der Waals surface area contributed by atoms with Crippen LogP contribution in [0.25, 0.3) is 0 Å². The van der Waals surface area contributed by atoms with E-state index in [1.165, 1.54) is 12.7 Å². The highest BCUT2D eigenvalue weighted by Gasteiger charge is 2.12. The van der Waals surface area contributed by atoms with E-state index in [-0.39, 0.29) is 5.97 Å². The lowest BCUT2D eigenvalue weighted by Gasteiger charge is -2.11. The Morgan fingerprint density at radius 1 is 1.20 bits per heavy atom. The average Bonchev–Trinajstić information content (AvgIpc) is 2.27. The Morgan fingerprint density at radius 3 is 2.27 bits per heavy atom. The fourth-order valence-corrected chi connectivity index (χ4v) is 1.78. The average molecular weight is 206 g/mol. The molecule has 1 aromatic carbocycles. The molecule has 1 rings (SSSR count). The maximum Gasteiger partial charge on any atom is 0.338 e. The van der Waals surface area contributed by atoms with Gasteiger partial charge in [0.15, 0.2) is 0 Å². The molecule has 15 heavy (non-hydrogen) atoms. The van der Waals surface area contributed by atoms with Gasteiger partial charge in [-0.3, -0.25) is 0 Å². The van der Waals surface area contributed by atoms with Gasteiger partial charge in [0.1, 0.15) is 0 Å². The van der Waals surface area contributed by atoms with Crippen molar-refractivity contribution in [3.05, 3.63) is 34.4 Å². The summed E-state index contributed by atoms with van der Waals surface area (Å²) in [7, 11) is 1.42. The summed E-state index contributed by atoms with van der Waals surface area (Å²) in [5, 5.41) is 0. The van der Waals surface area contributed by atoms with Crippen LogP contribution >= 0.6 is 0 Å². The standard InChI is InChI=1S/C13H18O2/c1-5-10-8-11(6-2)12(7-9(10)3)13(14)15-4/h7-8H,5-6H2,1-4H3. The summed E-state index contributed by atoms with van der Waals surface area (Å²) in [5.41, 5.74) is 4.24. The van der Waals surface area contributed by atoms with Gasteiger partial charge in [0.05, 0.1) is 12.7 Å². The van der Waals surface area contributed by atoms with Gasteiger partial charge in [0.2, 0.25) is 0 Å². The monoisotopic (exact) mass is 206 g/mol. The molecule has 0 aliphatic rings. The van der Waals surface area contributed by atoms with E-state index in [4.69, 9.17) is 4.74 Å². The summed E-state index contributed by atoms with van der Waals surface area (Å²) in [5.74, 6) is -0.238. The van der Waals surface area contributed by atoms with Gasteiger partial charge in [0.25, 0.3) is 0 Å². The van der Waals surface area contributed by atoms with Gasteiger partial charge in [-0.25, -0.2) is 4.79 Å². The van der Waals surface area contributed by atoms with Crippen molar-refractivity contribution in [3.63, 3.8) is 0 Å². The summed E-state index contributed by atoms with van der Waals surface area (Å²) in [6.45, 7) is 6.21. The highest BCUT2D eigenvalue weighted by atomic mass is 16.5. The number of hydrogen-bond acceptors (Lipinski definition) is 2. The molecule has 0 aromatic heterocycles. The third kappa shape index (κ3) is 2.38. The predicted octanol–water partition coefficient (Wildman–Crippen LogP) is 2.91. The van der Waals surface area contributed by atoms with Gasteiger partial charge in [-0.2, -0.15) is 0 Å². The number of esters is 1. The first kappa shape index (κ1) is 11.8. The zero-order chi connectivity index (χ0) is 11.4. The lowest BCUT2D eigenvalue weighted by atomic mass is 9.96. The van der Waals surface area contributed by atoms with Gasteiger partial charge in [-0.1, -0.05) is 19.9 Å². The van der Waals surface area contributed by atoms with Crippen LogP contribution in [-0.4, -0.2) is 13.1 Å². The van der Waals surface area contributed by atoms with Crippen LogP contribution < -0.4 is 0 Å². The second-order valence-electron chi connectivity index (χ2n) is 3.63. The van der Waals surface area contributed by atoms with Crippen LogP contribution in [0.15, 0.2) is 12.1 Å². The van der Waals surface area contributed by atoms with Crippen LogP contribution in [0.5, 0.6) is 0 Å². The van der Waals surface area contributed by atoms with Crippen LogP contribution in [0.3, 0.4) is 0 Å². The Morgan fingerprint density at radius 2 is 1.80 bits per heavy atom. The minimum Gasteiger partial charge on any atom is -0.465 e. The molecule has 82 valence electrons. The summed E-state index contributed by atoms with van der Waals surface area (Å²) in [6, 6.07) is 4.05. The molecule has 0 saturated carbocycles. The minimum atomic E-state index is -0.238. The van der Waals surface area contributed by atoms with Gasteiger partial charge < -0.3 is 4.74 Å². The number of carbonyl (C=O) groups excluding carboxylic acids is 1. The largest absolute Gasteiger partial charge is 0.465 e. The Hall–Kier alpha value is -1.31. The molecule has 0 fully saturated rings. The van der Waals surface area contributed by atoms with Crippen molar-refractivity contribution in [2.24, 2.45) is 0 Å². The van der Waals surface area contributed by atoms with E-state index < -0.39 is 0 Å². The van der Waals surface area contributed by atoms with Crippen LogP contribution in [0.1, 0.15) is 40.9 Å². The molecule has 1 aromatic rings. The van der Waals surface area contributed by atoms with Crippen LogP contribution in [0.2, 0.25) is 0 Å². The molecule has 0 saturated heterocycles. The quantitative estimate of drug-likeness (QED) is 0.711. The van der Waals surface area contributed by atoms with E-state index in [1.807, 2.05) is 13.0 Å². The Bertz CT molecular complexity index is 367. The van der Waals surface area contributed by atoms with Crippen molar-refractivity contribution >= 4 is 5.97 Å². The molecular formula is C13H18O2. The molecule has 0 heterocycles. The predicted molar refractivity (Wildman–Crippen MR) is 61.3 cm³/mol. The zero-order valence-electron chi connectivity index (χ0n) is 9.89. The topological polar surface area (TPSA) is 26.3 Å². The zero-order valence-corrected chi connectivity index (χ0v) is 9.89. The second-order valence-corrected chi connectivity index (χ2v) is 3.63. The van der Waals surface area contributed by atoms with E-state index in [9.17, 15) is 4.79 Å². The first-order chi connectivity index (χ1) is 7.13. The van der Waals surface area contributed by atoms with Crippen molar-refractivity contribution in [3.8, 4) is 0 Å². The van der Waals surface area contributed by atoms with E-state index in [0.717, 1.165) is 24.0 Å². The SMILES string of the molecule is CCc1cc(CC)c(C(=O)OC)cc1C. The molecule has 0 amide bonds. The number of benzene rings is 1. The highest BCUT2D eigenvalue weighted by molar-refractivity contribution is 5.91. The fourth-order valence-electron chi connectivity index (χ4n) is 1.78. The molecule has 2 nitrogen and oxygen atoms in total. The van der Waals surface area contributed by atoms with Crippen molar-refractivity contribution in [1.82, 2.24) is 0 Å². The van der Waals surface area contributed by atoms with E-state index in [1.54, 1.807) is 0 Å². The van der Waals surface area contributed by atoms with E-state index in [0.29, 0.717) is 5.56 Å². The summed E-state index contributed by atoms with van der Waals surface area (Å²) in [4.78, 5) is 11.5. The van der Waals surface area contributed by atoms with Crippen molar-refractivity contribution in [1.29, 1.82) is 0 Å². The molecule has 0 aliphatic heterocycles. The van der Waals surface area contributed by atoms with Crippen LogP contribution in [-0.2, 0) is 17.6 Å². The Kier molecular flexibility index (Phi) is 3.89. The molecule has 0 aliphatic carbocycles. The molecule has 0 bridgehead atoms. The van der Waals surface area contributed by atoms with Gasteiger partial charge in [-0.05, 0) is 42.5 Å². The third-order valence-electron chi connectivity index (χ3n) is 2.73. The second kappa shape index (κ2) is 4.96.